The monoisotopic (exact) mass is 141 g/mol. The standard InChI is InChI=1S/C9H19N/c1-5-7-9(8(3)4)10-6-2/h6,8-10H,2,5,7H2,1,3-4H3. The van der Waals surface area contributed by atoms with E-state index in [1.165, 1.54) is 12.8 Å². The topological polar surface area (TPSA) is 12.0 Å². The summed E-state index contributed by atoms with van der Waals surface area (Å²) in [4.78, 5) is 0. The van der Waals surface area contributed by atoms with Gasteiger partial charge in [-0.3, -0.25) is 0 Å². The highest BCUT2D eigenvalue weighted by Gasteiger charge is 2.08. The van der Waals surface area contributed by atoms with Crippen molar-refractivity contribution in [3.8, 4) is 0 Å². The Morgan fingerprint density at radius 2 is 2.10 bits per heavy atom. The van der Waals surface area contributed by atoms with Crippen LogP contribution in [-0.2, 0) is 0 Å². The third-order valence-corrected chi connectivity index (χ3v) is 1.74. The minimum atomic E-state index is 0.613. The van der Waals surface area contributed by atoms with E-state index in [1.54, 1.807) is 6.20 Å². The summed E-state index contributed by atoms with van der Waals surface area (Å²) in [5, 5.41) is 3.25. The van der Waals surface area contributed by atoms with Gasteiger partial charge in [-0.15, -0.1) is 0 Å². The second-order valence-electron chi connectivity index (χ2n) is 3.01. The number of hydrogen-bond acceptors (Lipinski definition) is 1. The first-order valence-electron chi connectivity index (χ1n) is 4.09. The lowest BCUT2D eigenvalue weighted by molar-refractivity contribution is 0.412. The summed E-state index contributed by atoms with van der Waals surface area (Å²) < 4.78 is 0. The molecule has 10 heavy (non-hydrogen) atoms. The molecule has 0 amide bonds. The molecule has 0 rings (SSSR count). The molecule has 60 valence electrons. The van der Waals surface area contributed by atoms with Crippen LogP contribution in [0.25, 0.3) is 0 Å². The number of hydrogen-bond donors (Lipinski definition) is 1. The van der Waals surface area contributed by atoms with Gasteiger partial charge in [0.2, 0.25) is 0 Å². The Balaban J connectivity index is 3.60. The van der Waals surface area contributed by atoms with E-state index < -0.39 is 0 Å². The van der Waals surface area contributed by atoms with Crippen molar-refractivity contribution in [3.63, 3.8) is 0 Å². The summed E-state index contributed by atoms with van der Waals surface area (Å²) in [6.45, 7) is 10.3. The zero-order chi connectivity index (χ0) is 7.98. The zero-order valence-corrected chi connectivity index (χ0v) is 7.35. The lowest BCUT2D eigenvalue weighted by Crippen LogP contribution is -2.29. The van der Waals surface area contributed by atoms with Crippen LogP contribution in [0.1, 0.15) is 33.6 Å². The molecule has 0 saturated heterocycles. The van der Waals surface area contributed by atoms with Crippen molar-refractivity contribution in [2.24, 2.45) is 5.92 Å². The lowest BCUT2D eigenvalue weighted by Gasteiger charge is -2.19. The van der Waals surface area contributed by atoms with E-state index in [4.69, 9.17) is 0 Å². The van der Waals surface area contributed by atoms with Gasteiger partial charge in [-0.05, 0) is 18.5 Å². The second-order valence-corrected chi connectivity index (χ2v) is 3.01. The molecule has 0 aliphatic rings. The Hall–Kier alpha value is -0.460. The Bertz CT molecular complexity index is 86.7. The molecule has 1 N–H and O–H groups in total. The fourth-order valence-corrected chi connectivity index (χ4v) is 1.07. The van der Waals surface area contributed by atoms with Crippen molar-refractivity contribution in [3.05, 3.63) is 12.8 Å². The van der Waals surface area contributed by atoms with Gasteiger partial charge in [0.25, 0.3) is 0 Å². The zero-order valence-electron chi connectivity index (χ0n) is 7.35. The van der Waals surface area contributed by atoms with Gasteiger partial charge >= 0.3 is 0 Å². The first-order valence-corrected chi connectivity index (χ1v) is 4.09. The Kier molecular flexibility index (Phi) is 5.09. The van der Waals surface area contributed by atoms with Crippen molar-refractivity contribution in [1.82, 2.24) is 5.32 Å². The molecule has 0 fully saturated rings. The Morgan fingerprint density at radius 3 is 2.40 bits per heavy atom. The van der Waals surface area contributed by atoms with Crippen molar-refractivity contribution >= 4 is 0 Å². The maximum absolute atomic E-state index is 3.65. The van der Waals surface area contributed by atoms with Crippen LogP contribution in [0.4, 0.5) is 0 Å². The molecule has 0 spiro atoms. The van der Waals surface area contributed by atoms with E-state index in [9.17, 15) is 0 Å². The second kappa shape index (κ2) is 5.33. The number of rotatable bonds is 5. The highest BCUT2D eigenvalue weighted by atomic mass is 14.9. The van der Waals surface area contributed by atoms with Gasteiger partial charge in [-0.1, -0.05) is 33.8 Å². The highest BCUT2D eigenvalue weighted by molar-refractivity contribution is 4.75. The molecular formula is C9H19N. The van der Waals surface area contributed by atoms with Crippen LogP contribution < -0.4 is 5.32 Å². The molecule has 0 aromatic rings. The molecule has 0 bridgehead atoms. The van der Waals surface area contributed by atoms with E-state index in [2.05, 4.69) is 32.7 Å². The summed E-state index contributed by atoms with van der Waals surface area (Å²) in [6, 6.07) is 0.613. The van der Waals surface area contributed by atoms with Crippen LogP contribution in [-0.4, -0.2) is 6.04 Å². The minimum Gasteiger partial charge on any atom is -0.388 e. The molecular weight excluding hydrogens is 122 g/mol. The third kappa shape index (κ3) is 3.54. The van der Waals surface area contributed by atoms with Crippen molar-refractivity contribution in [2.75, 3.05) is 0 Å². The summed E-state index contributed by atoms with van der Waals surface area (Å²) in [6.07, 6.45) is 4.27. The SMILES string of the molecule is C=CNC(CCC)C(C)C. The predicted octanol–water partition coefficient (Wildman–Crippen LogP) is 2.54. The summed E-state index contributed by atoms with van der Waals surface area (Å²) >= 11 is 0. The molecule has 0 aromatic carbocycles. The largest absolute Gasteiger partial charge is 0.388 e. The first kappa shape index (κ1) is 9.54. The smallest absolute Gasteiger partial charge is 0.0278 e. The van der Waals surface area contributed by atoms with Crippen LogP contribution >= 0.6 is 0 Å². The fraction of sp³-hybridized carbons (Fsp3) is 0.778. The average molecular weight is 141 g/mol. The van der Waals surface area contributed by atoms with Gasteiger partial charge in [-0.25, -0.2) is 0 Å². The maximum Gasteiger partial charge on any atom is 0.0278 e. The third-order valence-electron chi connectivity index (χ3n) is 1.74. The molecule has 0 radical (unpaired) electrons. The minimum absolute atomic E-state index is 0.613. The lowest BCUT2D eigenvalue weighted by atomic mass is 10.00. The van der Waals surface area contributed by atoms with Crippen LogP contribution in [0.5, 0.6) is 0 Å². The van der Waals surface area contributed by atoms with Crippen LogP contribution in [0.2, 0.25) is 0 Å². The molecule has 0 heterocycles. The van der Waals surface area contributed by atoms with Crippen molar-refractivity contribution < 1.29 is 0 Å². The molecule has 0 aliphatic heterocycles. The molecule has 1 unspecified atom stereocenters. The van der Waals surface area contributed by atoms with E-state index in [1.807, 2.05) is 0 Å². The quantitative estimate of drug-likeness (QED) is 0.620. The van der Waals surface area contributed by atoms with Crippen LogP contribution in [0, 0.1) is 5.92 Å². The number of nitrogens with one attached hydrogen (secondary N) is 1. The predicted molar refractivity (Wildman–Crippen MR) is 46.9 cm³/mol. The summed E-state index contributed by atoms with van der Waals surface area (Å²) in [7, 11) is 0. The van der Waals surface area contributed by atoms with Gasteiger partial charge < -0.3 is 5.32 Å². The highest BCUT2D eigenvalue weighted by Crippen LogP contribution is 2.07. The van der Waals surface area contributed by atoms with Crippen LogP contribution in [0.15, 0.2) is 12.8 Å². The maximum atomic E-state index is 3.65. The Labute approximate surface area is 64.5 Å². The molecule has 0 aliphatic carbocycles. The van der Waals surface area contributed by atoms with E-state index in [0.717, 1.165) is 0 Å². The molecule has 0 saturated carbocycles. The van der Waals surface area contributed by atoms with Crippen molar-refractivity contribution in [1.29, 1.82) is 0 Å². The molecule has 1 heteroatoms. The van der Waals surface area contributed by atoms with Gasteiger partial charge in [0.05, 0.1) is 0 Å². The fourth-order valence-electron chi connectivity index (χ4n) is 1.07. The Morgan fingerprint density at radius 1 is 1.50 bits per heavy atom. The van der Waals surface area contributed by atoms with Gasteiger partial charge in [0, 0.05) is 6.04 Å². The molecule has 1 atom stereocenters. The van der Waals surface area contributed by atoms with Gasteiger partial charge in [0.1, 0.15) is 0 Å². The van der Waals surface area contributed by atoms with Crippen LogP contribution in [0.3, 0.4) is 0 Å². The first-order chi connectivity index (χ1) is 4.72. The summed E-state index contributed by atoms with van der Waals surface area (Å²) in [5.74, 6) is 0.706. The van der Waals surface area contributed by atoms with E-state index >= 15 is 0 Å². The molecule has 0 aromatic heterocycles. The average Bonchev–Trinajstić information content (AvgIpc) is 1.87. The van der Waals surface area contributed by atoms with E-state index in [0.29, 0.717) is 12.0 Å². The van der Waals surface area contributed by atoms with Gasteiger partial charge in [-0.2, -0.15) is 0 Å². The summed E-state index contributed by atoms with van der Waals surface area (Å²) in [5.41, 5.74) is 0. The van der Waals surface area contributed by atoms with E-state index in [-0.39, 0.29) is 0 Å². The molecule has 1 nitrogen and oxygen atoms in total. The normalized spacial score (nSPS) is 13.2. The van der Waals surface area contributed by atoms with Crippen molar-refractivity contribution in [2.45, 2.75) is 39.7 Å². The van der Waals surface area contributed by atoms with Gasteiger partial charge in [0.15, 0.2) is 0 Å².